The third kappa shape index (κ3) is 8.05. The molecule has 0 aromatic heterocycles. The molecule has 0 fully saturated rings. The summed E-state index contributed by atoms with van der Waals surface area (Å²) in [6.45, 7) is 1.65. The molecule has 2 amide bonds. The molecular weight excluding hydrogens is 468 g/mol. The van der Waals surface area contributed by atoms with E-state index in [0.717, 1.165) is 5.56 Å². The van der Waals surface area contributed by atoms with Gasteiger partial charge in [-0.15, -0.1) is 0 Å². The number of nitrogens with zero attached hydrogens (tertiary/aromatic N) is 1. The molecule has 182 valence electrons. The van der Waals surface area contributed by atoms with Gasteiger partial charge in [0.2, 0.25) is 15.9 Å². The zero-order chi connectivity index (χ0) is 25.3. The molecule has 10 heteroatoms. The molecule has 3 aromatic rings. The number of ether oxygens (including phenoxy) is 1. The smallest absolute Gasteiger partial charge is 0.255 e. The number of hydrogen-bond acceptors (Lipinski definition) is 6. The Morgan fingerprint density at radius 2 is 1.66 bits per heavy atom. The molecule has 0 saturated carbocycles. The number of aryl methyl sites for hydroxylation is 1. The van der Waals surface area contributed by atoms with E-state index in [1.54, 1.807) is 60.7 Å². The van der Waals surface area contributed by atoms with Gasteiger partial charge in [-0.05, 0) is 54.4 Å². The number of carbonyl (C=O) groups is 2. The van der Waals surface area contributed by atoms with E-state index < -0.39 is 27.9 Å². The molecule has 9 nitrogen and oxygen atoms in total. The number of nitrogens with two attached hydrogens (primary N) is 1. The summed E-state index contributed by atoms with van der Waals surface area (Å²) in [5.74, 6) is -0.576. The molecule has 0 heterocycles. The monoisotopic (exact) mass is 494 g/mol. The zero-order valence-electron chi connectivity index (χ0n) is 19.0. The number of hydrogen-bond donors (Lipinski definition) is 3. The van der Waals surface area contributed by atoms with Crippen molar-refractivity contribution in [1.82, 2.24) is 10.1 Å². The lowest BCUT2D eigenvalue weighted by Gasteiger charge is -2.18. The molecule has 0 saturated heterocycles. The van der Waals surface area contributed by atoms with Crippen LogP contribution in [0, 0.1) is 6.92 Å². The van der Waals surface area contributed by atoms with Gasteiger partial charge in [-0.1, -0.05) is 48.0 Å². The van der Waals surface area contributed by atoms with Crippen LogP contribution in [0.15, 0.2) is 88.9 Å². The summed E-state index contributed by atoms with van der Waals surface area (Å²) in [4.78, 5) is 23.5. The highest BCUT2D eigenvalue weighted by atomic mass is 32.2. The first-order chi connectivity index (χ1) is 16.7. The van der Waals surface area contributed by atoms with E-state index >= 15 is 0 Å². The van der Waals surface area contributed by atoms with Gasteiger partial charge in [0.1, 0.15) is 5.75 Å². The fourth-order valence-corrected chi connectivity index (χ4v) is 4.32. The second-order valence-electron chi connectivity index (χ2n) is 7.72. The molecule has 0 aliphatic carbocycles. The predicted molar refractivity (Wildman–Crippen MR) is 132 cm³/mol. The van der Waals surface area contributed by atoms with Crippen molar-refractivity contribution in [2.75, 3.05) is 6.61 Å². The Labute approximate surface area is 204 Å². The van der Waals surface area contributed by atoms with Crippen LogP contribution in [0.2, 0.25) is 0 Å². The molecule has 1 atom stereocenters. The average molecular weight is 495 g/mol. The van der Waals surface area contributed by atoms with Crippen molar-refractivity contribution in [3.05, 3.63) is 95.6 Å². The Hall–Kier alpha value is -4.02. The minimum atomic E-state index is -3.86. The molecule has 0 aliphatic rings. The number of carbonyl (C=O) groups excluding carboxylic acids is 2. The van der Waals surface area contributed by atoms with E-state index in [2.05, 4.69) is 15.2 Å². The van der Waals surface area contributed by atoms with Crippen LogP contribution in [0.5, 0.6) is 5.75 Å². The third-order valence-electron chi connectivity index (χ3n) is 4.88. The standard InChI is InChI=1S/C25H26N4O5S/c1-18-7-13-22(14-8-18)35(32,33)29-23(20-5-3-2-4-6-20)15-25(31)28-27-16-19-9-11-21(12-10-19)34-17-24(26)30/h2-14,16,23,29H,15,17H2,1H3,(H2,26,30)(H,28,31)/b27-16-/t23-/m0/s1. The first-order valence-electron chi connectivity index (χ1n) is 10.7. The Morgan fingerprint density at radius 1 is 1.00 bits per heavy atom. The summed E-state index contributed by atoms with van der Waals surface area (Å²) in [6.07, 6.45) is 1.27. The molecule has 0 bridgehead atoms. The third-order valence-corrected chi connectivity index (χ3v) is 6.37. The van der Waals surface area contributed by atoms with Crippen LogP contribution in [0.1, 0.15) is 29.2 Å². The van der Waals surface area contributed by atoms with Crippen LogP contribution < -0.4 is 20.6 Å². The molecular formula is C25H26N4O5S. The molecule has 0 radical (unpaired) electrons. The van der Waals surface area contributed by atoms with Gasteiger partial charge in [0.25, 0.3) is 5.91 Å². The van der Waals surface area contributed by atoms with Crippen LogP contribution in [-0.4, -0.2) is 33.1 Å². The maximum absolute atomic E-state index is 12.9. The van der Waals surface area contributed by atoms with E-state index in [9.17, 15) is 18.0 Å². The number of amides is 2. The zero-order valence-corrected chi connectivity index (χ0v) is 19.9. The van der Waals surface area contributed by atoms with Crippen molar-refractivity contribution < 1.29 is 22.7 Å². The molecule has 0 aliphatic heterocycles. The highest BCUT2D eigenvalue weighted by molar-refractivity contribution is 7.89. The van der Waals surface area contributed by atoms with Crippen molar-refractivity contribution >= 4 is 28.1 Å². The van der Waals surface area contributed by atoms with Gasteiger partial charge >= 0.3 is 0 Å². The minimum absolute atomic E-state index is 0.116. The number of rotatable bonds is 11. The van der Waals surface area contributed by atoms with Crippen LogP contribution in [0.3, 0.4) is 0 Å². The lowest BCUT2D eigenvalue weighted by molar-refractivity contribution is -0.121. The Kier molecular flexibility index (Phi) is 8.71. The number of nitrogens with one attached hydrogen (secondary N) is 2. The van der Waals surface area contributed by atoms with Gasteiger partial charge in [0, 0.05) is 6.42 Å². The van der Waals surface area contributed by atoms with Crippen molar-refractivity contribution in [2.45, 2.75) is 24.3 Å². The van der Waals surface area contributed by atoms with Gasteiger partial charge < -0.3 is 10.5 Å². The highest BCUT2D eigenvalue weighted by Crippen LogP contribution is 2.21. The normalized spacial score (nSPS) is 12.3. The van der Waals surface area contributed by atoms with Gasteiger partial charge in [0.05, 0.1) is 17.2 Å². The number of primary amides is 1. The minimum Gasteiger partial charge on any atom is -0.484 e. The first-order valence-corrected chi connectivity index (χ1v) is 12.2. The maximum Gasteiger partial charge on any atom is 0.255 e. The molecule has 0 spiro atoms. The van der Waals surface area contributed by atoms with E-state index in [4.69, 9.17) is 10.5 Å². The molecule has 3 aromatic carbocycles. The van der Waals surface area contributed by atoms with Gasteiger partial charge in [-0.3, -0.25) is 9.59 Å². The average Bonchev–Trinajstić information content (AvgIpc) is 2.84. The topological polar surface area (TPSA) is 140 Å². The second kappa shape index (κ2) is 11.9. The fourth-order valence-electron chi connectivity index (χ4n) is 3.10. The van der Waals surface area contributed by atoms with Crippen LogP contribution in [0.25, 0.3) is 0 Å². The first kappa shape index (κ1) is 25.6. The van der Waals surface area contributed by atoms with Gasteiger partial charge in [-0.25, -0.2) is 18.6 Å². The summed E-state index contributed by atoms with van der Waals surface area (Å²) in [5.41, 5.74) is 9.73. The van der Waals surface area contributed by atoms with Crippen LogP contribution in [-0.2, 0) is 19.6 Å². The molecule has 35 heavy (non-hydrogen) atoms. The summed E-state index contributed by atoms with van der Waals surface area (Å²) < 4.78 is 33.6. The molecule has 4 N–H and O–H groups in total. The Bertz CT molecular complexity index is 1280. The number of benzene rings is 3. The highest BCUT2D eigenvalue weighted by Gasteiger charge is 2.23. The Balaban J connectivity index is 1.65. The van der Waals surface area contributed by atoms with Gasteiger partial charge in [0.15, 0.2) is 6.61 Å². The lowest BCUT2D eigenvalue weighted by Crippen LogP contribution is -2.32. The summed E-state index contributed by atoms with van der Waals surface area (Å²) >= 11 is 0. The fraction of sp³-hybridized carbons (Fsp3) is 0.160. The van der Waals surface area contributed by atoms with Crippen molar-refractivity contribution in [1.29, 1.82) is 0 Å². The van der Waals surface area contributed by atoms with E-state index in [0.29, 0.717) is 16.9 Å². The van der Waals surface area contributed by atoms with Gasteiger partial charge in [-0.2, -0.15) is 5.10 Å². The molecule has 3 rings (SSSR count). The Morgan fingerprint density at radius 3 is 2.29 bits per heavy atom. The quantitative estimate of drug-likeness (QED) is 0.277. The van der Waals surface area contributed by atoms with Crippen molar-refractivity contribution in [3.8, 4) is 5.75 Å². The maximum atomic E-state index is 12.9. The molecule has 0 unspecified atom stereocenters. The predicted octanol–water partition coefficient (Wildman–Crippen LogP) is 2.42. The van der Waals surface area contributed by atoms with Crippen molar-refractivity contribution in [2.24, 2.45) is 10.8 Å². The largest absolute Gasteiger partial charge is 0.484 e. The van der Waals surface area contributed by atoms with E-state index in [1.807, 2.05) is 13.0 Å². The van der Waals surface area contributed by atoms with E-state index in [1.165, 1.54) is 18.3 Å². The van der Waals surface area contributed by atoms with Crippen LogP contribution in [0.4, 0.5) is 0 Å². The van der Waals surface area contributed by atoms with Crippen LogP contribution >= 0.6 is 0 Å². The van der Waals surface area contributed by atoms with Crippen molar-refractivity contribution in [3.63, 3.8) is 0 Å². The number of sulfonamides is 1. The van der Waals surface area contributed by atoms with E-state index in [-0.39, 0.29) is 17.9 Å². The summed E-state index contributed by atoms with van der Waals surface area (Å²) in [6, 6.07) is 21.2. The second-order valence-corrected chi connectivity index (χ2v) is 9.43. The number of hydrazone groups is 1. The SMILES string of the molecule is Cc1ccc(S(=O)(=O)N[C@@H](CC(=O)N/N=C\c2ccc(OCC(N)=O)cc2)c2ccccc2)cc1. The lowest BCUT2D eigenvalue weighted by atomic mass is 10.0. The summed E-state index contributed by atoms with van der Waals surface area (Å²) in [5, 5.41) is 3.94. The summed E-state index contributed by atoms with van der Waals surface area (Å²) in [7, 11) is -3.86.